The van der Waals surface area contributed by atoms with Crippen molar-refractivity contribution in [3.8, 4) is 0 Å². The molecule has 0 aliphatic heterocycles. The minimum absolute atomic E-state index is 0.641. The van der Waals surface area contributed by atoms with Crippen LogP contribution in [0.5, 0.6) is 0 Å². The predicted molar refractivity (Wildman–Crippen MR) is 89.8 cm³/mol. The van der Waals surface area contributed by atoms with Crippen molar-refractivity contribution < 1.29 is 4.74 Å². The summed E-state index contributed by atoms with van der Waals surface area (Å²) < 4.78 is 5.31. The molecule has 0 amide bonds. The first-order valence-corrected chi connectivity index (χ1v) is 9.28. The minimum Gasteiger partial charge on any atom is -0.378 e. The van der Waals surface area contributed by atoms with Crippen LogP contribution < -0.4 is 5.32 Å². The largest absolute Gasteiger partial charge is 0.378 e. The molecule has 1 aromatic heterocycles. The lowest BCUT2D eigenvalue weighted by Crippen LogP contribution is -2.13. The van der Waals surface area contributed by atoms with E-state index in [-0.39, 0.29) is 0 Å². The molecule has 2 rings (SSSR count). The molecular formula is C17H30N2OS. The summed E-state index contributed by atoms with van der Waals surface area (Å²) in [7, 11) is 1.76. The summed E-state index contributed by atoms with van der Waals surface area (Å²) in [5.41, 5.74) is 1.15. The fourth-order valence-electron chi connectivity index (χ4n) is 3.31. The fourth-order valence-corrected chi connectivity index (χ4v) is 4.52. The Morgan fingerprint density at radius 2 is 2.00 bits per heavy atom. The van der Waals surface area contributed by atoms with E-state index in [2.05, 4.69) is 19.2 Å². The maximum absolute atomic E-state index is 5.31. The van der Waals surface area contributed by atoms with Crippen LogP contribution in [-0.4, -0.2) is 18.6 Å². The normalized spacial score (nSPS) is 22.6. The maximum atomic E-state index is 5.31. The number of rotatable bonds is 8. The number of nitrogens with one attached hydrogen (secondary N) is 1. The second-order valence-electron chi connectivity index (χ2n) is 6.14. The monoisotopic (exact) mass is 310 g/mol. The van der Waals surface area contributed by atoms with Gasteiger partial charge in [0.15, 0.2) is 0 Å². The Morgan fingerprint density at radius 3 is 2.62 bits per heavy atom. The topological polar surface area (TPSA) is 34.1 Å². The van der Waals surface area contributed by atoms with Crippen LogP contribution in [0.2, 0.25) is 0 Å². The molecule has 0 atom stereocenters. The van der Waals surface area contributed by atoms with Gasteiger partial charge < -0.3 is 10.1 Å². The van der Waals surface area contributed by atoms with Crippen molar-refractivity contribution in [2.24, 2.45) is 5.92 Å². The smallest absolute Gasteiger partial charge is 0.0963 e. The van der Waals surface area contributed by atoms with E-state index in [4.69, 9.17) is 9.72 Å². The lowest BCUT2D eigenvalue weighted by atomic mass is 9.80. The van der Waals surface area contributed by atoms with Gasteiger partial charge in [-0.15, -0.1) is 11.3 Å². The van der Waals surface area contributed by atoms with Gasteiger partial charge in [0.1, 0.15) is 0 Å². The summed E-state index contributed by atoms with van der Waals surface area (Å²) in [6, 6.07) is 0. The highest BCUT2D eigenvalue weighted by atomic mass is 32.1. The quantitative estimate of drug-likeness (QED) is 0.769. The zero-order valence-electron chi connectivity index (χ0n) is 13.8. The van der Waals surface area contributed by atoms with Gasteiger partial charge in [0, 0.05) is 24.4 Å². The van der Waals surface area contributed by atoms with E-state index in [1.54, 1.807) is 7.11 Å². The molecule has 0 saturated heterocycles. The van der Waals surface area contributed by atoms with Crippen LogP contribution in [0.25, 0.3) is 0 Å². The molecular weight excluding hydrogens is 280 g/mol. The molecule has 21 heavy (non-hydrogen) atoms. The Balaban J connectivity index is 1.99. The standard InChI is InChI=1S/C17H30N2OS/c1-4-6-13-7-9-14(10-8-13)17-19-15(12-20-3)16(21-17)11-18-5-2/h13-14,18H,4-12H2,1-3H3. The minimum atomic E-state index is 0.641. The zero-order valence-corrected chi connectivity index (χ0v) is 14.6. The zero-order chi connectivity index (χ0) is 15.1. The molecule has 1 aliphatic carbocycles. The summed E-state index contributed by atoms with van der Waals surface area (Å²) in [5.74, 6) is 1.65. The number of hydrogen-bond acceptors (Lipinski definition) is 4. The molecule has 0 spiro atoms. The van der Waals surface area contributed by atoms with Crippen LogP contribution in [0.15, 0.2) is 0 Å². The van der Waals surface area contributed by atoms with Crippen molar-refractivity contribution in [1.29, 1.82) is 0 Å². The molecule has 120 valence electrons. The molecule has 1 heterocycles. The Labute approximate surface area is 133 Å². The van der Waals surface area contributed by atoms with Crippen LogP contribution in [0.3, 0.4) is 0 Å². The summed E-state index contributed by atoms with van der Waals surface area (Å²) >= 11 is 1.91. The van der Waals surface area contributed by atoms with Gasteiger partial charge in [0.2, 0.25) is 0 Å². The van der Waals surface area contributed by atoms with Crippen molar-refractivity contribution >= 4 is 11.3 Å². The summed E-state index contributed by atoms with van der Waals surface area (Å²) in [6.45, 7) is 7.02. The van der Waals surface area contributed by atoms with E-state index in [0.29, 0.717) is 12.5 Å². The number of methoxy groups -OCH3 is 1. The number of ether oxygens (including phenoxy) is 1. The summed E-state index contributed by atoms with van der Waals surface area (Å²) in [4.78, 5) is 6.27. The van der Waals surface area contributed by atoms with E-state index in [0.717, 1.165) is 24.7 Å². The summed E-state index contributed by atoms with van der Waals surface area (Å²) in [5, 5.41) is 4.77. The van der Waals surface area contributed by atoms with Crippen LogP contribution in [0.4, 0.5) is 0 Å². The van der Waals surface area contributed by atoms with Gasteiger partial charge in [0.25, 0.3) is 0 Å². The number of nitrogens with zero attached hydrogens (tertiary/aromatic N) is 1. The van der Waals surface area contributed by atoms with Crippen LogP contribution >= 0.6 is 11.3 Å². The molecule has 0 unspecified atom stereocenters. The molecule has 0 aromatic carbocycles. The first-order valence-electron chi connectivity index (χ1n) is 8.46. The van der Waals surface area contributed by atoms with Gasteiger partial charge in [-0.2, -0.15) is 0 Å². The lowest BCUT2D eigenvalue weighted by Gasteiger charge is -2.27. The van der Waals surface area contributed by atoms with Gasteiger partial charge in [-0.05, 0) is 38.1 Å². The Morgan fingerprint density at radius 1 is 1.24 bits per heavy atom. The molecule has 0 bridgehead atoms. The van der Waals surface area contributed by atoms with Crippen molar-refractivity contribution in [3.05, 3.63) is 15.6 Å². The molecule has 1 aliphatic rings. The predicted octanol–water partition coefficient (Wildman–Crippen LogP) is 4.47. The van der Waals surface area contributed by atoms with E-state index in [1.165, 1.54) is 48.4 Å². The van der Waals surface area contributed by atoms with Gasteiger partial charge >= 0.3 is 0 Å². The average Bonchev–Trinajstić information content (AvgIpc) is 2.90. The van der Waals surface area contributed by atoms with Crippen molar-refractivity contribution in [1.82, 2.24) is 10.3 Å². The molecule has 1 N–H and O–H groups in total. The third-order valence-electron chi connectivity index (χ3n) is 4.50. The van der Waals surface area contributed by atoms with E-state index >= 15 is 0 Å². The molecule has 0 radical (unpaired) electrons. The Hall–Kier alpha value is -0.450. The van der Waals surface area contributed by atoms with Gasteiger partial charge in [-0.3, -0.25) is 0 Å². The van der Waals surface area contributed by atoms with Crippen molar-refractivity contribution in [2.45, 2.75) is 71.4 Å². The molecule has 1 saturated carbocycles. The highest BCUT2D eigenvalue weighted by molar-refractivity contribution is 7.11. The molecule has 4 heteroatoms. The van der Waals surface area contributed by atoms with Crippen molar-refractivity contribution in [2.75, 3.05) is 13.7 Å². The van der Waals surface area contributed by atoms with E-state index < -0.39 is 0 Å². The van der Waals surface area contributed by atoms with Crippen LogP contribution in [-0.2, 0) is 17.9 Å². The third kappa shape index (κ3) is 4.76. The molecule has 3 nitrogen and oxygen atoms in total. The highest BCUT2D eigenvalue weighted by Gasteiger charge is 2.25. The third-order valence-corrected chi connectivity index (χ3v) is 5.76. The SMILES string of the molecule is CCCC1CCC(c2nc(COC)c(CNCC)s2)CC1. The number of hydrogen-bond donors (Lipinski definition) is 1. The Kier molecular flexibility index (Phi) is 7.14. The van der Waals surface area contributed by atoms with E-state index in [1.807, 2.05) is 11.3 Å². The van der Waals surface area contributed by atoms with Gasteiger partial charge in [-0.1, -0.05) is 26.7 Å². The second-order valence-corrected chi connectivity index (χ2v) is 7.26. The number of thiazole rings is 1. The Bertz CT molecular complexity index is 411. The fraction of sp³-hybridized carbons (Fsp3) is 0.824. The van der Waals surface area contributed by atoms with Crippen molar-refractivity contribution in [3.63, 3.8) is 0 Å². The second kappa shape index (κ2) is 8.86. The first kappa shape index (κ1) is 16.9. The van der Waals surface area contributed by atoms with E-state index in [9.17, 15) is 0 Å². The number of aromatic nitrogens is 1. The van der Waals surface area contributed by atoms with Crippen LogP contribution in [0, 0.1) is 5.92 Å². The maximum Gasteiger partial charge on any atom is 0.0963 e. The lowest BCUT2D eigenvalue weighted by molar-refractivity contribution is 0.181. The summed E-state index contributed by atoms with van der Waals surface area (Å²) in [6.07, 6.45) is 8.17. The molecule has 1 fully saturated rings. The van der Waals surface area contributed by atoms with Crippen LogP contribution in [0.1, 0.15) is 73.9 Å². The first-order chi connectivity index (χ1) is 10.3. The average molecular weight is 311 g/mol. The highest BCUT2D eigenvalue weighted by Crippen LogP contribution is 2.39. The molecule has 1 aromatic rings. The van der Waals surface area contributed by atoms with Gasteiger partial charge in [-0.25, -0.2) is 4.98 Å². The van der Waals surface area contributed by atoms with Gasteiger partial charge in [0.05, 0.1) is 17.3 Å².